The molecule has 4 heterocycles. The molecular weight excluding hydrogens is 404 g/mol. The van der Waals surface area contributed by atoms with E-state index in [0.717, 1.165) is 13.1 Å². The second kappa shape index (κ2) is 8.09. The van der Waals surface area contributed by atoms with Gasteiger partial charge in [-0.1, -0.05) is 0 Å². The van der Waals surface area contributed by atoms with Crippen LogP contribution in [0.2, 0.25) is 0 Å². The third-order valence-electron chi connectivity index (χ3n) is 5.90. The number of hydrogen-bond donors (Lipinski definition) is 2. The number of amides is 1. The molecule has 9 heteroatoms. The minimum atomic E-state index is -0.791. The molecule has 5 rings (SSSR count). The number of nitrogens with zero attached hydrogens (tertiary/aromatic N) is 1. The van der Waals surface area contributed by atoms with E-state index in [9.17, 15) is 14.7 Å². The molecule has 2 aromatic rings. The number of nitrogens with one attached hydrogen (secondary N) is 1. The standard InChI is InChI=1S/C22H22N2O7/c25-20(14-3-4-15-17(12-14)31-13-30-15)18-19(16-2-1-9-29-16)24(22(27)21(18)26)6-5-23-7-10-28-11-8-23/h1-4,9,12,19,25H,5-8,10-11,13H2/p+1. The summed E-state index contributed by atoms with van der Waals surface area (Å²) >= 11 is 0. The van der Waals surface area contributed by atoms with Gasteiger partial charge in [-0.15, -0.1) is 0 Å². The van der Waals surface area contributed by atoms with Crippen LogP contribution in [0.4, 0.5) is 0 Å². The number of morpholine rings is 1. The molecule has 0 bridgehead atoms. The summed E-state index contributed by atoms with van der Waals surface area (Å²) in [7, 11) is 0. The van der Waals surface area contributed by atoms with Crippen molar-refractivity contribution in [3.05, 3.63) is 53.5 Å². The summed E-state index contributed by atoms with van der Waals surface area (Å²) in [6, 6.07) is 7.51. The van der Waals surface area contributed by atoms with E-state index in [-0.39, 0.29) is 18.1 Å². The number of ether oxygens (including phenoxy) is 3. The smallest absolute Gasteiger partial charge is 0.295 e. The molecule has 3 aliphatic rings. The van der Waals surface area contributed by atoms with E-state index >= 15 is 0 Å². The highest BCUT2D eigenvalue weighted by Crippen LogP contribution is 2.41. The highest BCUT2D eigenvalue weighted by atomic mass is 16.7. The van der Waals surface area contributed by atoms with Crippen molar-refractivity contribution < 1.29 is 38.2 Å². The number of benzene rings is 1. The van der Waals surface area contributed by atoms with Gasteiger partial charge in [-0.05, 0) is 30.3 Å². The van der Waals surface area contributed by atoms with Crippen LogP contribution in [-0.4, -0.2) is 67.9 Å². The fourth-order valence-electron chi connectivity index (χ4n) is 4.24. The second-order valence-electron chi connectivity index (χ2n) is 7.69. The van der Waals surface area contributed by atoms with Crippen molar-refractivity contribution >= 4 is 17.4 Å². The highest BCUT2D eigenvalue weighted by Gasteiger charge is 2.47. The maximum atomic E-state index is 13.0. The maximum absolute atomic E-state index is 13.0. The van der Waals surface area contributed by atoms with Crippen LogP contribution in [0.25, 0.3) is 5.76 Å². The molecule has 2 fully saturated rings. The van der Waals surface area contributed by atoms with E-state index in [1.165, 1.54) is 16.1 Å². The van der Waals surface area contributed by atoms with E-state index in [1.54, 1.807) is 30.3 Å². The van der Waals surface area contributed by atoms with Crippen molar-refractivity contribution in [2.45, 2.75) is 6.04 Å². The average molecular weight is 427 g/mol. The van der Waals surface area contributed by atoms with Crippen LogP contribution >= 0.6 is 0 Å². The molecular formula is C22H23N2O7+. The normalized spacial score (nSPS) is 23.0. The Morgan fingerprint density at radius 2 is 1.94 bits per heavy atom. The number of aliphatic hydroxyl groups is 1. The molecule has 0 saturated carbocycles. The minimum Gasteiger partial charge on any atom is -0.507 e. The largest absolute Gasteiger partial charge is 0.507 e. The van der Waals surface area contributed by atoms with Gasteiger partial charge in [0.05, 0.1) is 38.1 Å². The van der Waals surface area contributed by atoms with Gasteiger partial charge in [0, 0.05) is 5.56 Å². The molecule has 1 amide bonds. The highest BCUT2D eigenvalue weighted by molar-refractivity contribution is 6.46. The van der Waals surface area contributed by atoms with Crippen molar-refractivity contribution in [1.29, 1.82) is 0 Å². The predicted octanol–water partition coefficient (Wildman–Crippen LogP) is 0.345. The molecule has 31 heavy (non-hydrogen) atoms. The van der Waals surface area contributed by atoms with Gasteiger partial charge in [0.15, 0.2) is 11.5 Å². The summed E-state index contributed by atoms with van der Waals surface area (Å²) in [6.45, 7) is 4.21. The summed E-state index contributed by atoms with van der Waals surface area (Å²) in [5, 5.41) is 11.1. The number of furan rings is 1. The fourth-order valence-corrected chi connectivity index (χ4v) is 4.24. The molecule has 1 aromatic heterocycles. The van der Waals surface area contributed by atoms with Crippen LogP contribution in [0, 0.1) is 0 Å². The molecule has 1 unspecified atom stereocenters. The number of Topliss-reactive ketones (excluding diaryl/α,β-unsaturated/α-hetero) is 1. The van der Waals surface area contributed by atoms with Gasteiger partial charge < -0.3 is 33.5 Å². The molecule has 1 atom stereocenters. The molecule has 2 N–H and O–H groups in total. The Morgan fingerprint density at radius 3 is 2.71 bits per heavy atom. The Morgan fingerprint density at radius 1 is 1.13 bits per heavy atom. The topological polar surface area (TPSA) is 103 Å². The summed E-state index contributed by atoms with van der Waals surface area (Å²) < 4.78 is 21.6. The monoisotopic (exact) mass is 427 g/mol. The van der Waals surface area contributed by atoms with E-state index < -0.39 is 17.7 Å². The first kappa shape index (κ1) is 19.7. The summed E-state index contributed by atoms with van der Waals surface area (Å²) in [5.74, 6) is -0.167. The van der Waals surface area contributed by atoms with Crippen molar-refractivity contribution in [1.82, 2.24) is 4.90 Å². The first-order chi connectivity index (χ1) is 15.1. The van der Waals surface area contributed by atoms with Crippen molar-refractivity contribution in [2.75, 3.05) is 46.2 Å². The first-order valence-electron chi connectivity index (χ1n) is 10.3. The Kier molecular flexibility index (Phi) is 5.13. The zero-order valence-electron chi connectivity index (χ0n) is 16.8. The molecule has 0 radical (unpaired) electrons. The van der Waals surface area contributed by atoms with Crippen LogP contribution < -0.4 is 14.4 Å². The third-order valence-corrected chi connectivity index (χ3v) is 5.90. The van der Waals surface area contributed by atoms with Crippen LogP contribution in [-0.2, 0) is 14.3 Å². The SMILES string of the molecule is O=C1C(=O)N(CC[NH+]2CCOCC2)C(c2ccco2)C1=C(O)c1ccc2c(c1)OCO2. The third kappa shape index (κ3) is 3.55. The van der Waals surface area contributed by atoms with Crippen LogP contribution in [0.15, 0.2) is 46.6 Å². The number of carbonyl (C=O) groups excluding carboxylic acids is 2. The number of carbonyl (C=O) groups is 2. The van der Waals surface area contributed by atoms with Gasteiger partial charge in [0.2, 0.25) is 6.79 Å². The number of hydrogen-bond acceptors (Lipinski definition) is 7. The molecule has 3 aliphatic heterocycles. The Hall–Kier alpha value is -3.30. The molecule has 0 aliphatic carbocycles. The van der Waals surface area contributed by atoms with Gasteiger partial charge in [0.1, 0.15) is 30.7 Å². The molecule has 9 nitrogen and oxygen atoms in total. The van der Waals surface area contributed by atoms with E-state index in [0.29, 0.717) is 49.1 Å². The van der Waals surface area contributed by atoms with E-state index in [1.807, 2.05) is 0 Å². The number of ketones is 1. The first-order valence-corrected chi connectivity index (χ1v) is 10.3. The molecule has 162 valence electrons. The Labute approximate surface area is 178 Å². The van der Waals surface area contributed by atoms with Crippen molar-refractivity contribution in [3.63, 3.8) is 0 Å². The lowest BCUT2D eigenvalue weighted by molar-refractivity contribution is -0.907. The van der Waals surface area contributed by atoms with Crippen LogP contribution in [0.1, 0.15) is 17.4 Å². The lowest BCUT2D eigenvalue weighted by Crippen LogP contribution is -3.14. The number of fused-ring (bicyclic) bond motifs is 1. The molecule has 2 saturated heterocycles. The predicted molar refractivity (Wildman–Crippen MR) is 107 cm³/mol. The zero-order chi connectivity index (χ0) is 21.4. The van der Waals surface area contributed by atoms with Crippen molar-refractivity contribution in [3.8, 4) is 11.5 Å². The summed E-state index contributed by atoms with van der Waals surface area (Å²) in [5.41, 5.74) is 0.383. The summed E-state index contributed by atoms with van der Waals surface area (Å²) in [4.78, 5) is 28.7. The van der Waals surface area contributed by atoms with Gasteiger partial charge in [-0.2, -0.15) is 0 Å². The number of quaternary nitrogens is 1. The number of likely N-dealkylation sites (tertiary alicyclic amines) is 1. The average Bonchev–Trinajstić information content (AvgIpc) is 3.53. The van der Waals surface area contributed by atoms with Crippen molar-refractivity contribution in [2.24, 2.45) is 0 Å². The number of rotatable bonds is 5. The summed E-state index contributed by atoms with van der Waals surface area (Å²) in [6.07, 6.45) is 1.49. The molecule has 0 spiro atoms. The Balaban J connectivity index is 1.50. The van der Waals surface area contributed by atoms with E-state index in [2.05, 4.69) is 0 Å². The number of aliphatic hydroxyl groups excluding tert-OH is 1. The van der Waals surface area contributed by atoms with Gasteiger partial charge >= 0.3 is 0 Å². The van der Waals surface area contributed by atoms with Crippen LogP contribution in [0.5, 0.6) is 11.5 Å². The second-order valence-corrected chi connectivity index (χ2v) is 7.69. The maximum Gasteiger partial charge on any atom is 0.295 e. The van der Waals surface area contributed by atoms with Crippen LogP contribution in [0.3, 0.4) is 0 Å². The fraction of sp³-hybridized carbons (Fsp3) is 0.364. The van der Waals surface area contributed by atoms with Gasteiger partial charge in [-0.25, -0.2) is 0 Å². The lowest BCUT2D eigenvalue weighted by Gasteiger charge is -2.28. The quantitative estimate of drug-likeness (QED) is 0.403. The van der Waals surface area contributed by atoms with E-state index in [4.69, 9.17) is 18.6 Å². The minimum absolute atomic E-state index is 0.00999. The van der Waals surface area contributed by atoms with Gasteiger partial charge in [-0.3, -0.25) is 9.59 Å². The molecule has 1 aromatic carbocycles. The zero-order valence-corrected chi connectivity index (χ0v) is 16.8. The lowest BCUT2D eigenvalue weighted by atomic mass is 9.99. The Bertz CT molecular complexity index is 1020. The van der Waals surface area contributed by atoms with Gasteiger partial charge in [0.25, 0.3) is 11.7 Å².